The van der Waals surface area contributed by atoms with Crippen LogP contribution >= 0.6 is 0 Å². The second-order valence-corrected chi connectivity index (χ2v) is 11.9. The summed E-state index contributed by atoms with van der Waals surface area (Å²) in [7, 11) is -2.65. The topological polar surface area (TPSA) is 87.4 Å². The molecule has 0 saturated heterocycles. The summed E-state index contributed by atoms with van der Waals surface area (Å²) < 4.78 is 35.8. The lowest BCUT2D eigenvalue weighted by molar-refractivity contribution is 0.101. The molecule has 0 fully saturated rings. The van der Waals surface area contributed by atoms with E-state index in [1.807, 2.05) is 45.9 Å². The second-order valence-electron chi connectivity index (χ2n) is 10.1. The van der Waals surface area contributed by atoms with Gasteiger partial charge in [0.15, 0.2) is 0 Å². The second kappa shape index (κ2) is 10.7. The minimum atomic E-state index is -4.15. The lowest BCUT2D eigenvalue weighted by Crippen LogP contribution is -2.21. The molecule has 0 N–H and O–H groups in total. The Bertz CT molecular complexity index is 1910. The summed E-state index contributed by atoms with van der Waals surface area (Å²) in [6.07, 6.45) is 3.01. The molecular formula is C33H30N2O5S. The third-order valence-electron chi connectivity index (χ3n) is 7.09. The van der Waals surface area contributed by atoms with Crippen molar-refractivity contribution in [3.05, 3.63) is 136 Å². The van der Waals surface area contributed by atoms with Crippen LogP contribution in [0.15, 0.2) is 96.2 Å². The standard InChI is InChI=1S/C33H30N2O5S/c1-21-8-12-25(13-9-21)41(38,39)35-18-16-28(31(35)33(37)26-14-10-22(2)19-24(26)4)34-17-6-7-29(34)32(36)27-15-11-23(3)20-30(27)40-5/h6-20H,1-5H3. The summed E-state index contributed by atoms with van der Waals surface area (Å²) in [6.45, 7) is 7.51. The molecule has 0 bridgehead atoms. The van der Waals surface area contributed by atoms with Crippen molar-refractivity contribution in [1.82, 2.24) is 8.54 Å². The van der Waals surface area contributed by atoms with Gasteiger partial charge in [0.1, 0.15) is 11.4 Å². The van der Waals surface area contributed by atoms with Gasteiger partial charge in [0, 0.05) is 18.0 Å². The van der Waals surface area contributed by atoms with Crippen LogP contribution in [-0.4, -0.2) is 35.6 Å². The molecule has 0 aliphatic heterocycles. The molecule has 0 saturated carbocycles. The van der Waals surface area contributed by atoms with Crippen LogP contribution in [0.5, 0.6) is 5.75 Å². The van der Waals surface area contributed by atoms with Gasteiger partial charge in [-0.05, 0) is 81.3 Å². The van der Waals surface area contributed by atoms with Crippen LogP contribution in [0.4, 0.5) is 0 Å². The number of ether oxygens (including phenoxy) is 1. The number of aromatic nitrogens is 2. The smallest absolute Gasteiger partial charge is 0.268 e. The van der Waals surface area contributed by atoms with E-state index in [4.69, 9.17) is 4.74 Å². The molecular weight excluding hydrogens is 536 g/mol. The van der Waals surface area contributed by atoms with Gasteiger partial charge in [-0.15, -0.1) is 0 Å². The van der Waals surface area contributed by atoms with Crippen LogP contribution in [-0.2, 0) is 10.0 Å². The van der Waals surface area contributed by atoms with Gasteiger partial charge in [0.05, 0.1) is 29.0 Å². The molecule has 5 rings (SSSR count). The third kappa shape index (κ3) is 5.02. The molecule has 0 atom stereocenters. The van der Waals surface area contributed by atoms with Crippen molar-refractivity contribution in [2.75, 3.05) is 7.11 Å². The van der Waals surface area contributed by atoms with Crippen LogP contribution in [0, 0.1) is 27.7 Å². The summed E-state index contributed by atoms with van der Waals surface area (Å²) in [6, 6.07) is 22.0. The quantitative estimate of drug-likeness (QED) is 0.208. The number of benzene rings is 3. The Hall–Kier alpha value is -4.69. The van der Waals surface area contributed by atoms with E-state index in [9.17, 15) is 18.0 Å². The van der Waals surface area contributed by atoms with Gasteiger partial charge >= 0.3 is 0 Å². The SMILES string of the molecule is COc1cc(C)ccc1C(=O)c1cccn1-c1ccn(S(=O)(=O)c2ccc(C)cc2)c1C(=O)c1ccc(C)cc1C. The Balaban J connectivity index is 1.73. The van der Waals surface area contributed by atoms with Crippen LogP contribution in [0.3, 0.4) is 0 Å². The van der Waals surface area contributed by atoms with E-state index in [2.05, 4.69) is 0 Å². The first-order chi connectivity index (χ1) is 19.5. The fraction of sp³-hybridized carbons (Fsp3) is 0.152. The number of hydrogen-bond acceptors (Lipinski definition) is 5. The molecule has 0 spiro atoms. The third-order valence-corrected chi connectivity index (χ3v) is 8.78. The molecule has 0 amide bonds. The Morgan fingerprint density at radius 2 is 1.34 bits per heavy atom. The first-order valence-electron chi connectivity index (χ1n) is 13.1. The molecule has 2 aromatic heterocycles. The molecule has 8 heteroatoms. The van der Waals surface area contributed by atoms with Gasteiger partial charge in [-0.25, -0.2) is 12.4 Å². The maximum atomic E-state index is 14.2. The number of nitrogens with zero attached hydrogens (tertiary/aromatic N) is 2. The predicted octanol–water partition coefficient (Wildman–Crippen LogP) is 6.22. The molecule has 208 valence electrons. The lowest BCUT2D eigenvalue weighted by Gasteiger charge is -2.15. The summed E-state index contributed by atoms with van der Waals surface area (Å²) in [5.74, 6) is -0.377. The van der Waals surface area contributed by atoms with Gasteiger partial charge in [-0.3, -0.25) is 9.59 Å². The highest BCUT2D eigenvalue weighted by Gasteiger charge is 2.30. The molecule has 0 aliphatic rings. The van der Waals surface area contributed by atoms with Crippen LogP contribution < -0.4 is 4.74 Å². The van der Waals surface area contributed by atoms with Crippen molar-refractivity contribution in [2.45, 2.75) is 32.6 Å². The predicted molar refractivity (Wildman–Crippen MR) is 158 cm³/mol. The van der Waals surface area contributed by atoms with Gasteiger partial charge in [-0.1, -0.05) is 47.5 Å². The minimum Gasteiger partial charge on any atom is -0.496 e. The van der Waals surface area contributed by atoms with E-state index >= 15 is 0 Å². The number of rotatable bonds is 8. The van der Waals surface area contributed by atoms with Crippen molar-refractivity contribution in [3.8, 4) is 11.4 Å². The molecule has 2 heterocycles. The van der Waals surface area contributed by atoms with Crippen molar-refractivity contribution >= 4 is 21.6 Å². The number of aryl methyl sites for hydroxylation is 4. The maximum Gasteiger partial charge on any atom is 0.268 e. The first kappa shape index (κ1) is 27.9. The van der Waals surface area contributed by atoms with E-state index < -0.39 is 15.8 Å². The Morgan fingerprint density at radius 3 is 2.00 bits per heavy atom. The molecule has 0 radical (unpaired) electrons. The fourth-order valence-corrected chi connectivity index (χ4v) is 6.28. The number of ketones is 2. The van der Waals surface area contributed by atoms with Gasteiger partial charge in [0.25, 0.3) is 10.0 Å². The number of hydrogen-bond donors (Lipinski definition) is 0. The molecule has 3 aromatic carbocycles. The Morgan fingerprint density at radius 1 is 0.707 bits per heavy atom. The van der Waals surface area contributed by atoms with Crippen LogP contribution in [0.25, 0.3) is 5.69 Å². The summed E-state index contributed by atoms with van der Waals surface area (Å²) in [5, 5.41) is 0. The van der Waals surface area contributed by atoms with Crippen molar-refractivity contribution < 1.29 is 22.7 Å². The van der Waals surface area contributed by atoms with E-state index in [0.717, 1.165) is 26.2 Å². The number of carbonyl (C=O) groups is 2. The van der Waals surface area contributed by atoms with Gasteiger partial charge < -0.3 is 9.30 Å². The van der Waals surface area contributed by atoms with E-state index in [1.54, 1.807) is 59.3 Å². The van der Waals surface area contributed by atoms with Gasteiger partial charge in [-0.2, -0.15) is 0 Å². The van der Waals surface area contributed by atoms with E-state index in [-0.39, 0.29) is 27.8 Å². The van der Waals surface area contributed by atoms with Crippen molar-refractivity contribution in [3.63, 3.8) is 0 Å². The Labute approximate surface area is 239 Å². The average Bonchev–Trinajstić information content (AvgIpc) is 3.60. The molecule has 7 nitrogen and oxygen atoms in total. The average molecular weight is 567 g/mol. The first-order valence-corrected chi connectivity index (χ1v) is 14.5. The zero-order valence-electron chi connectivity index (χ0n) is 23.5. The monoisotopic (exact) mass is 566 g/mol. The largest absolute Gasteiger partial charge is 0.496 e. The maximum absolute atomic E-state index is 14.2. The zero-order valence-corrected chi connectivity index (χ0v) is 24.3. The van der Waals surface area contributed by atoms with Crippen LogP contribution in [0.2, 0.25) is 0 Å². The summed E-state index contributed by atoms with van der Waals surface area (Å²) >= 11 is 0. The highest BCUT2D eigenvalue weighted by Crippen LogP contribution is 2.30. The van der Waals surface area contributed by atoms with Crippen LogP contribution in [0.1, 0.15) is 54.4 Å². The number of carbonyl (C=O) groups excluding carboxylic acids is 2. The molecule has 41 heavy (non-hydrogen) atoms. The van der Waals surface area contributed by atoms with Crippen molar-refractivity contribution in [2.24, 2.45) is 0 Å². The Kier molecular flexibility index (Phi) is 7.28. The fourth-order valence-electron chi connectivity index (χ4n) is 4.94. The minimum absolute atomic E-state index is 0.0492. The lowest BCUT2D eigenvalue weighted by atomic mass is 10.00. The molecule has 0 aliphatic carbocycles. The van der Waals surface area contributed by atoms with E-state index in [1.165, 1.54) is 25.4 Å². The zero-order chi connectivity index (χ0) is 29.5. The summed E-state index contributed by atoms with van der Waals surface area (Å²) in [4.78, 5) is 28.0. The molecule has 0 unspecified atom stereocenters. The van der Waals surface area contributed by atoms with Gasteiger partial charge in [0.2, 0.25) is 11.6 Å². The van der Waals surface area contributed by atoms with Crippen molar-refractivity contribution in [1.29, 1.82) is 0 Å². The molecule has 5 aromatic rings. The summed E-state index contributed by atoms with van der Waals surface area (Å²) in [5.41, 5.74) is 4.72. The number of methoxy groups -OCH3 is 1. The van der Waals surface area contributed by atoms with E-state index in [0.29, 0.717) is 16.9 Å². The highest BCUT2D eigenvalue weighted by atomic mass is 32.2. The highest BCUT2D eigenvalue weighted by molar-refractivity contribution is 7.90. The normalized spacial score (nSPS) is 11.4.